The number of fused-ring (bicyclic) bond motifs is 1. The molecule has 1 saturated heterocycles. The fourth-order valence-corrected chi connectivity index (χ4v) is 4.27. The second kappa shape index (κ2) is 9.73. The molecule has 0 saturated carbocycles. The zero-order chi connectivity index (χ0) is 22.6. The average Bonchev–Trinajstić information content (AvgIpc) is 2.75. The predicted octanol–water partition coefficient (Wildman–Crippen LogP) is 0.561. The first-order chi connectivity index (χ1) is 14.7. The lowest BCUT2D eigenvalue weighted by molar-refractivity contribution is 0.117. The third-order valence-electron chi connectivity index (χ3n) is 5.17. The van der Waals surface area contributed by atoms with Crippen molar-refractivity contribution in [2.75, 3.05) is 44.5 Å². The van der Waals surface area contributed by atoms with Crippen molar-refractivity contribution < 1.29 is 33.7 Å². The molecule has 12 nitrogen and oxygen atoms in total. The zero-order valence-electron chi connectivity index (χ0n) is 17.0. The predicted molar refractivity (Wildman–Crippen MR) is 111 cm³/mol. The van der Waals surface area contributed by atoms with Crippen LogP contribution in [0.15, 0.2) is 17.1 Å². The number of hydrogen-bond donors (Lipinski definition) is 3. The Morgan fingerprint density at radius 2 is 2.03 bits per heavy atom. The lowest BCUT2D eigenvalue weighted by Crippen LogP contribution is -2.37. The Bertz CT molecular complexity index is 1040. The number of pyridine rings is 1. The number of hydrogen-bond acceptors (Lipinski definition) is 9. The van der Waals surface area contributed by atoms with Gasteiger partial charge in [-0.15, -0.1) is 4.68 Å². The molecule has 2 aromatic heterocycles. The molecular formula is C18H25N4O8P. The van der Waals surface area contributed by atoms with Gasteiger partial charge in [-0.3, -0.25) is 9.36 Å². The fraction of sp³-hybridized carbons (Fsp3) is 0.556. The van der Waals surface area contributed by atoms with E-state index in [9.17, 15) is 14.2 Å². The van der Waals surface area contributed by atoms with Crippen molar-refractivity contribution in [1.82, 2.24) is 14.8 Å². The lowest BCUT2D eigenvalue weighted by atomic mass is 9.94. The maximum atomic E-state index is 13.0. The topological polar surface area (TPSA) is 164 Å². The summed E-state index contributed by atoms with van der Waals surface area (Å²) in [7, 11) is -2.58. The number of aliphatic hydroxyl groups is 1. The highest BCUT2D eigenvalue weighted by Gasteiger charge is 2.26. The van der Waals surface area contributed by atoms with E-state index in [4.69, 9.17) is 24.4 Å². The summed E-state index contributed by atoms with van der Waals surface area (Å²) >= 11 is 0. The van der Waals surface area contributed by atoms with E-state index in [2.05, 4.69) is 10.1 Å². The van der Waals surface area contributed by atoms with Crippen LogP contribution in [-0.2, 0) is 9.30 Å². The molecule has 3 rings (SSSR count). The van der Waals surface area contributed by atoms with Crippen LogP contribution in [0.2, 0.25) is 0 Å². The first kappa shape index (κ1) is 23.1. The van der Waals surface area contributed by atoms with E-state index >= 15 is 0 Å². The Kier molecular flexibility index (Phi) is 7.26. The number of methoxy groups -OCH3 is 1. The van der Waals surface area contributed by atoms with Gasteiger partial charge in [0.15, 0.2) is 0 Å². The van der Waals surface area contributed by atoms with E-state index in [0.29, 0.717) is 48.2 Å². The number of anilines is 1. The minimum atomic E-state index is -4.03. The molecule has 31 heavy (non-hydrogen) atoms. The molecule has 1 aliphatic heterocycles. The van der Waals surface area contributed by atoms with Gasteiger partial charge in [0.1, 0.15) is 12.4 Å². The SMILES string of the molecule is COc1cc2cnn(C(=O)OCCO)c(=O)c2c(N2CCC(CCP(=O)(O)O)CC2)n1. The second-order valence-corrected chi connectivity index (χ2v) is 9.04. The number of carbonyl (C=O) groups excluding carboxylic acids is 1. The average molecular weight is 456 g/mol. The van der Waals surface area contributed by atoms with Crippen LogP contribution in [0.5, 0.6) is 5.88 Å². The molecule has 1 aliphatic rings. The third kappa shape index (κ3) is 5.59. The molecule has 1 fully saturated rings. The van der Waals surface area contributed by atoms with Crippen molar-refractivity contribution in [3.05, 3.63) is 22.6 Å². The molecule has 0 radical (unpaired) electrons. The molecule has 2 aromatic rings. The Morgan fingerprint density at radius 3 is 2.65 bits per heavy atom. The fourth-order valence-electron chi connectivity index (χ4n) is 3.57. The smallest absolute Gasteiger partial charge is 0.438 e. The summed E-state index contributed by atoms with van der Waals surface area (Å²) < 4.78 is 21.8. The molecule has 0 spiro atoms. The van der Waals surface area contributed by atoms with Crippen molar-refractivity contribution in [2.45, 2.75) is 19.3 Å². The van der Waals surface area contributed by atoms with Gasteiger partial charge in [-0.05, 0) is 25.2 Å². The summed E-state index contributed by atoms with van der Waals surface area (Å²) in [6.07, 6.45) is 1.98. The molecule has 170 valence electrons. The van der Waals surface area contributed by atoms with Crippen LogP contribution in [-0.4, -0.2) is 75.3 Å². The van der Waals surface area contributed by atoms with E-state index in [-0.39, 0.29) is 36.6 Å². The van der Waals surface area contributed by atoms with Crippen LogP contribution < -0.4 is 15.2 Å². The highest BCUT2D eigenvalue weighted by Crippen LogP contribution is 2.38. The quantitative estimate of drug-likeness (QED) is 0.499. The Hall–Kier alpha value is -2.53. The maximum Gasteiger partial charge on any atom is 0.438 e. The minimum Gasteiger partial charge on any atom is -0.481 e. The monoisotopic (exact) mass is 456 g/mol. The minimum absolute atomic E-state index is 0.148. The summed E-state index contributed by atoms with van der Waals surface area (Å²) in [6, 6.07) is 1.55. The van der Waals surface area contributed by atoms with Gasteiger partial charge in [0.05, 0.1) is 31.5 Å². The molecule has 3 N–H and O–H groups in total. The van der Waals surface area contributed by atoms with E-state index < -0.39 is 19.2 Å². The van der Waals surface area contributed by atoms with Gasteiger partial charge in [-0.2, -0.15) is 10.1 Å². The van der Waals surface area contributed by atoms with Crippen molar-refractivity contribution >= 4 is 30.3 Å². The van der Waals surface area contributed by atoms with E-state index in [1.54, 1.807) is 6.07 Å². The van der Waals surface area contributed by atoms with Gasteiger partial charge in [0.25, 0.3) is 5.56 Å². The van der Waals surface area contributed by atoms with E-state index in [1.165, 1.54) is 13.3 Å². The number of aliphatic hydroxyl groups excluding tert-OH is 1. The Balaban J connectivity index is 1.91. The first-order valence-corrected chi connectivity index (χ1v) is 11.6. The van der Waals surface area contributed by atoms with Gasteiger partial charge in [-0.25, -0.2) is 4.79 Å². The summed E-state index contributed by atoms with van der Waals surface area (Å²) in [5, 5.41) is 13.3. The number of carbonyl (C=O) groups is 1. The Morgan fingerprint density at radius 1 is 1.32 bits per heavy atom. The maximum absolute atomic E-state index is 13.0. The summed E-state index contributed by atoms with van der Waals surface area (Å²) in [5.74, 6) is 0.791. The van der Waals surface area contributed by atoms with Crippen LogP contribution >= 0.6 is 7.60 Å². The van der Waals surface area contributed by atoms with Gasteiger partial charge in [0.2, 0.25) is 5.88 Å². The normalized spacial score (nSPS) is 15.3. The number of piperidine rings is 1. The van der Waals surface area contributed by atoms with E-state index in [0.717, 1.165) is 0 Å². The first-order valence-electron chi connectivity index (χ1n) is 9.78. The number of aromatic nitrogens is 3. The van der Waals surface area contributed by atoms with Crippen molar-refractivity contribution in [3.63, 3.8) is 0 Å². The standard InChI is InChI=1S/C18H25N4O8P/c1-29-14-10-13-11-19-22(18(25)30-8-7-23)17(24)15(13)16(20-14)21-5-2-12(3-6-21)4-9-31(26,27)28/h10-12,23H,2-9H2,1H3,(H2,26,27,28). The van der Waals surface area contributed by atoms with Crippen LogP contribution in [0, 0.1) is 5.92 Å². The lowest BCUT2D eigenvalue weighted by Gasteiger charge is -2.33. The van der Waals surface area contributed by atoms with Crippen LogP contribution in [0.25, 0.3) is 10.8 Å². The van der Waals surface area contributed by atoms with Gasteiger partial charge in [0, 0.05) is 24.5 Å². The van der Waals surface area contributed by atoms with Crippen LogP contribution in [0.4, 0.5) is 10.6 Å². The highest BCUT2D eigenvalue weighted by molar-refractivity contribution is 7.51. The van der Waals surface area contributed by atoms with Crippen molar-refractivity contribution in [3.8, 4) is 5.88 Å². The number of ether oxygens (including phenoxy) is 2. The largest absolute Gasteiger partial charge is 0.481 e. The number of nitrogens with zero attached hydrogens (tertiary/aromatic N) is 4. The van der Waals surface area contributed by atoms with Crippen LogP contribution in [0.1, 0.15) is 19.3 Å². The molecule has 13 heteroatoms. The molecule has 0 atom stereocenters. The third-order valence-corrected chi connectivity index (χ3v) is 6.01. The molecule has 0 aromatic carbocycles. The number of rotatable bonds is 7. The van der Waals surface area contributed by atoms with Gasteiger partial charge in [-0.1, -0.05) is 0 Å². The van der Waals surface area contributed by atoms with Crippen LogP contribution in [0.3, 0.4) is 0 Å². The summed E-state index contributed by atoms with van der Waals surface area (Å²) in [6.45, 7) is 0.408. The van der Waals surface area contributed by atoms with Crippen molar-refractivity contribution in [1.29, 1.82) is 0 Å². The summed E-state index contributed by atoms with van der Waals surface area (Å²) in [5.41, 5.74) is -0.700. The van der Waals surface area contributed by atoms with Gasteiger partial charge < -0.3 is 29.3 Å². The van der Waals surface area contributed by atoms with Gasteiger partial charge >= 0.3 is 13.7 Å². The molecule has 0 bridgehead atoms. The second-order valence-electron chi connectivity index (χ2n) is 7.26. The molecular weight excluding hydrogens is 431 g/mol. The summed E-state index contributed by atoms with van der Waals surface area (Å²) in [4.78, 5) is 49.6. The highest BCUT2D eigenvalue weighted by atomic mass is 31.2. The molecule has 3 heterocycles. The molecule has 0 amide bonds. The van der Waals surface area contributed by atoms with E-state index in [1.807, 2.05) is 4.90 Å². The molecule has 0 aliphatic carbocycles. The Labute approximate surface area is 177 Å². The zero-order valence-corrected chi connectivity index (χ0v) is 17.9. The van der Waals surface area contributed by atoms with Crippen molar-refractivity contribution in [2.24, 2.45) is 5.92 Å². The molecule has 0 unspecified atom stereocenters.